The number of pyridine rings is 1. The van der Waals surface area contributed by atoms with Crippen LogP contribution in [0, 0.1) is 0 Å². The van der Waals surface area contributed by atoms with Crippen molar-refractivity contribution in [2.45, 2.75) is 69.9 Å². The lowest BCUT2D eigenvalue weighted by Gasteiger charge is -2.39. The Hall–Kier alpha value is -4.89. The Balaban J connectivity index is 1.15. The number of piperidine rings is 1. The summed E-state index contributed by atoms with van der Waals surface area (Å²) in [6, 6.07) is 18.7. The van der Waals surface area contributed by atoms with Gasteiger partial charge in [0.2, 0.25) is 5.84 Å². The van der Waals surface area contributed by atoms with Crippen molar-refractivity contribution in [1.29, 1.82) is 0 Å². The predicted octanol–water partition coefficient (Wildman–Crippen LogP) is 3.95. The second-order valence-corrected chi connectivity index (χ2v) is 14.3. The molecule has 0 unspecified atom stereocenters. The van der Waals surface area contributed by atoms with E-state index in [0.717, 1.165) is 74.2 Å². The van der Waals surface area contributed by atoms with Crippen molar-refractivity contribution in [2.24, 2.45) is 10.7 Å². The predicted molar refractivity (Wildman–Crippen MR) is 221 cm³/mol. The number of ether oxygens (including phenoxy) is 5. The van der Waals surface area contributed by atoms with Gasteiger partial charge in [-0.2, -0.15) is 0 Å². The van der Waals surface area contributed by atoms with Crippen LogP contribution in [-0.4, -0.2) is 112 Å². The van der Waals surface area contributed by atoms with Crippen molar-refractivity contribution in [3.8, 4) is 5.75 Å². The zero-order valence-electron chi connectivity index (χ0n) is 33.9. The number of aliphatic imine (C=N–C) groups is 1. The van der Waals surface area contributed by atoms with Gasteiger partial charge >= 0.3 is 11.8 Å². The molecule has 1 amide bonds. The normalized spacial score (nSPS) is 14.8. The molecule has 0 saturated carbocycles. The summed E-state index contributed by atoms with van der Waals surface area (Å²) in [5.74, 6) is 1.11. The van der Waals surface area contributed by atoms with Crippen LogP contribution in [0.4, 0.5) is 5.69 Å². The number of amides is 1. The van der Waals surface area contributed by atoms with Crippen LogP contribution in [0.2, 0.25) is 0 Å². The standard InChI is InChI=1S/C43H61N7O7/c1-33(35-11-9-14-38(32-35)57-26-7-5-4-6-24-54-27-29-56-30-28-55-25-10-15-39(51)53-3)47-41(52)36-12-8-13-37(31-36)49-43(18-22-50(2)23-19-43)42(45)48-40(44)34-16-20-46-21-17-34/h8-9,11-14,16-17,20-21,31-33,49H,4-7,10,15,18-19,22-30H2,1-3H3,(H,47,52)(H3,44,45,48)/p+1/t33-/m0/s1. The topological polar surface area (TPSA) is 184 Å². The summed E-state index contributed by atoms with van der Waals surface area (Å²) in [5.41, 5.74) is 9.08. The van der Waals surface area contributed by atoms with Crippen LogP contribution in [0.25, 0.3) is 0 Å². The lowest BCUT2D eigenvalue weighted by molar-refractivity contribution is -0.141. The van der Waals surface area contributed by atoms with E-state index < -0.39 is 5.54 Å². The number of hydrogen-bond donors (Lipinski definition) is 4. The monoisotopic (exact) mass is 788 g/mol. The molecular formula is C43H62N7O7+. The second-order valence-electron chi connectivity index (χ2n) is 14.3. The lowest BCUT2D eigenvalue weighted by atomic mass is 9.85. The Labute approximate surface area is 337 Å². The molecule has 0 spiro atoms. The fourth-order valence-electron chi connectivity index (χ4n) is 6.33. The van der Waals surface area contributed by atoms with Gasteiger partial charge in [-0.25, -0.2) is 0 Å². The summed E-state index contributed by atoms with van der Waals surface area (Å²) >= 11 is 0. The number of carbonyl (C=O) groups is 2. The van der Waals surface area contributed by atoms with Gasteiger partial charge < -0.3 is 45.0 Å². The molecule has 310 valence electrons. The van der Waals surface area contributed by atoms with Crippen molar-refractivity contribution >= 4 is 29.2 Å². The number of amidine groups is 2. The van der Waals surface area contributed by atoms with Gasteiger partial charge in [-0.15, -0.1) is 0 Å². The number of aromatic nitrogens is 1. The highest BCUT2D eigenvalue weighted by Gasteiger charge is 2.41. The van der Waals surface area contributed by atoms with Crippen molar-refractivity contribution in [3.63, 3.8) is 0 Å². The zero-order chi connectivity index (χ0) is 40.7. The quantitative estimate of drug-likeness (QED) is 0.0422. The Bertz CT molecular complexity index is 1700. The van der Waals surface area contributed by atoms with Crippen molar-refractivity contribution < 1.29 is 38.7 Å². The number of carbonyl (C=O) groups excluding carboxylic acids is 2. The van der Waals surface area contributed by atoms with Crippen LogP contribution in [0.1, 0.15) is 85.8 Å². The van der Waals surface area contributed by atoms with E-state index in [9.17, 15) is 9.59 Å². The Morgan fingerprint density at radius 1 is 0.860 bits per heavy atom. The highest BCUT2D eigenvalue weighted by molar-refractivity contribution is 6.06. The fourth-order valence-corrected chi connectivity index (χ4v) is 6.33. The summed E-state index contributed by atoms with van der Waals surface area (Å²) in [6.07, 6.45) is 9.82. The maximum atomic E-state index is 13.5. The molecule has 6 N–H and O–H groups in total. The van der Waals surface area contributed by atoms with Gasteiger partial charge in [0.25, 0.3) is 5.91 Å². The molecule has 0 aliphatic carbocycles. The molecule has 57 heavy (non-hydrogen) atoms. The first-order valence-corrected chi connectivity index (χ1v) is 20.0. The van der Waals surface area contributed by atoms with Gasteiger partial charge in [-0.1, -0.05) is 24.6 Å². The van der Waals surface area contributed by atoms with E-state index in [1.807, 2.05) is 49.4 Å². The van der Waals surface area contributed by atoms with Crippen molar-refractivity contribution in [3.05, 3.63) is 89.7 Å². The number of rotatable bonds is 25. The van der Waals surface area contributed by atoms with Gasteiger partial charge in [0.05, 0.1) is 51.7 Å². The van der Waals surface area contributed by atoms with Crippen LogP contribution in [0.3, 0.4) is 0 Å². The van der Waals surface area contributed by atoms with E-state index in [1.165, 1.54) is 7.11 Å². The minimum Gasteiger partial charge on any atom is -0.494 e. The molecule has 4 rings (SSSR count). The molecule has 14 heteroatoms. The summed E-state index contributed by atoms with van der Waals surface area (Å²) in [5, 5.41) is 13.1. The van der Waals surface area contributed by atoms with E-state index in [4.69, 9.17) is 30.1 Å². The maximum Gasteiger partial charge on any atom is 0.323 e. The zero-order valence-corrected chi connectivity index (χ0v) is 33.9. The number of likely N-dealkylation sites (tertiary alicyclic amines) is 1. The number of unbranched alkanes of at least 4 members (excludes halogenated alkanes) is 3. The Morgan fingerprint density at radius 3 is 2.21 bits per heavy atom. The van der Waals surface area contributed by atoms with E-state index >= 15 is 0 Å². The average molecular weight is 789 g/mol. The molecule has 0 bridgehead atoms. The van der Waals surface area contributed by atoms with Gasteiger partial charge in [-0.05, 0) is 106 Å². The van der Waals surface area contributed by atoms with Crippen LogP contribution >= 0.6 is 0 Å². The second kappa shape index (κ2) is 24.7. The minimum absolute atomic E-state index is 0.182. The number of anilines is 1. The van der Waals surface area contributed by atoms with Crippen molar-refractivity contribution in [2.75, 3.05) is 78.8 Å². The molecule has 1 atom stereocenters. The summed E-state index contributed by atoms with van der Waals surface area (Å²) in [6.45, 7) is 7.53. The molecular weight excluding hydrogens is 727 g/mol. The molecule has 14 nitrogen and oxygen atoms in total. The third-order valence-corrected chi connectivity index (χ3v) is 9.85. The van der Waals surface area contributed by atoms with Gasteiger partial charge in [0.1, 0.15) is 11.3 Å². The molecule has 1 saturated heterocycles. The first-order chi connectivity index (χ1) is 27.7. The Morgan fingerprint density at radius 2 is 1.51 bits per heavy atom. The van der Waals surface area contributed by atoms with E-state index in [-0.39, 0.29) is 17.9 Å². The number of nitrogens with one attached hydrogen (secondary N) is 2. The number of hydrogen-bond acceptors (Lipinski definition) is 10. The molecule has 1 aliphatic rings. The van der Waals surface area contributed by atoms with Gasteiger partial charge in [0, 0.05) is 56.4 Å². The molecule has 2 aromatic carbocycles. The van der Waals surface area contributed by atoms with E-state index in [1.54, 1.807) is 30.6 Å². The number of esters is 1. The summed E-state index contributed by atoms with van der Waals surface area (Å²) < 4.78 is 27.3. The van der Waals surface area contributed by atoms with E-state index in [2.05, 4.69) is 37.3 Å². The number of methoxy groups -OCH3 is 1. The summed E-state index contributed by atoms with van der Waals surface area (Å²) in [4.78, 5) is 35.5. The largest absolute Gasteiger partial charge is 0.494 e. The first-order valence-electron chi connectivity index (χ1n) is 20.0. The van der Waals surface area contributed by atoms with Gasteiger partial charge in [-0.3, -0.25) is 20.0 Å². The molecule has 2 heterocycles. The van der Waals surface area contributed by atoms with Crippen LogP contribution < -0.4 is 26.5 Å². The van der Waals surface area contributed by atoms with Crippen LogP contribution in [0.5, 0.6) is 5.75 Å². The van der Waals surface area contributed by atoms with Crippen LogP contribution in [0.15, 0.2) is 78.0 Å². The minimum atomic E-state index is -0.634. The van der Waals surface area contributed by atoms with Gasteiger partial charge in [0.15, 0.2) is 0 Å². The Kier molecular flexibility index (Phi) is 19.4. The number of nitrogens with two attached hydrogens (primary N) is 2. The van der Waals surface area contributed by atoms with E-state index in [0.29, 0.717) is 76.3 Å². The first kappa shape index (κ1) is 44.8. The molecule has 1 aromatic heterocycles. The highest BCUT2D eigenvalue weighted by Crippen LogP contribution is 2.28. The molecule has 0 radical (unpaired) electrons. The molecule has 3 aromatic rings. The fraction of sp³-hybridized carbons (Fsp3) is 0.512. The van der Waals surface area contributed by atoms with Crippen LogP contribution in [-0.2, 0) is 23.7 Å². The lowest BCUT2D eigenvalue weighted by Crippen LogP contribution is -2.57. The highest BCUT2D eigenvalue weighted by atomic mass is 16.5. The molecule has 1 fully saturated rings. The average Bonchev–Trinajstić information content (AvgIpc) is 3.23. The summed E-state index contributed by atoms with van der Waals surface area (Å²) in [7, 11) is 3.47. The third-order valence-electron chi connectivity index (χ3n) is 9.85. The maximum absolute atomic E-state index is 13.5. The SMILES string of the molecule is COC(=O)CCCOCCOCCOCCCCCCOc1cccc([C@H](C)NC(=O)c2cccc(NC3(C(N)=NC(=[NH2+])c4ccncc4)CCN(C)CC3)c2)c1. The third kappa shape index (κ3) is 15.9. The number of benzene rings is 2. The number of nitrogens with zero attached hydrogens (tertiary/aromatic N) is 3. The smallest absolute Gasteiger partial charge is 0.323 e. The molecule has 1 aliphatic heterocycles. The van der Waals surface area contributed by atoms with Crippen molar-refractivity contribution in [1.82, 2.24) is 15.2 Å².